The van der Waals surface area contributed by atoms with Crippen LogP contribution >= 0.6 is 0 Å². The molecule has 0 saturated carbocycles. The van der Waals surface area contributed by atoms with Crippen molar-refractivity contribution in [2.75, 3.05) is 19.0 Å². The molecule has 0 amide bonds. The van der Waals surface area contributed by atoms with E-state index in [9.17, 15) is 0 Å². The Balaban J connectivity index is 1.62. The largest absolute Gasteiger partial charge is 0.378 e. The Labute approximate surface area is 188 Å². The van der Waals surface area contributed by atoms with E-state index in [0.717, 1.165) is 34.2 Å². The third kappa shape index (κ3) is 3.79. The van der Waals surface area contributed by atoms with Crippen molar-refractivity contribution in [2.45, 2.75) is 0 Å². The lowest BCUT2D eigenvalue weighted by Crippen LogP contribution is -2.08. The molecule has 0 aliphatic carbocycles. The first-order valence-corrected chi connectivity index (χ1v) is 10.7. The molecule has 4 heteroatoms. The highest BCUT2D eigenvalue weighted by atomic mass is 15.3. The maximum absolute atomic E-state index is 4.60. The summed E-state index contributed by atoms with van der Waals surface area (Å²) in [5.41, 5.74) is 6.61. The molecule has 5 rings (SSSR count). The zero-order chi connectivity index (χ0) is 21.9. The van der Waals surface area contributed by atoms with Gasteiger partial charge in [0.1, 0.15) is 0 Å². The van der Waals surface area contributed by atoms with Gasteiger partial charge in [0.2, 0.25) is 0 Å². The number of aromatic nitrogens is 3. The highest BCUT2D eigenvalue weighted by Crippen LogP contribution is 2.30. The van der Waals surface area contributed by atoms with Gasteiger partial charge in [-0.3, -0.25) is 4.57 Å². The summed E-state index contributed by atoms with van der Waals surface area (Å²) >= 11 is 0. The smallest absolute Gasteiger partial charge is 0.168 e. The number of nitrogens with zero attached hydrogens (tertiary/aromatic N) is 4. The van der Waals surface area contributed by atoms with Gasteiger partial charge in [-0.1, -0.05) is 84.9 Å². The predicted octanol–water partition coefficient (Wildman–Crippen LogP) is 6.33. The van der Waals surface area contributed by atoms with Crippen LogP contribution in [-0.2, 0) is 0 Å². The van der Waals surface area contributed by atoms with E-state index in [0.29, 0.717) is 0 Å². The first-order valence-electron chi connectivity index (χ1n) is 10.7. The number of benzene rings is 4. The van der Waals surface area contributed by atoms with Crippen LogP contribution in [0, 0.1) is 0 Å². The molecular weight excluding hydrogens is 392 g/mol. The normalized spacial score (nSPS) is 10.8. The van der Waals surface area contributed by atoms with Crippen molar-refractivity contribution in [3.8, 4) is 39.6 Å². The fraction of sp³-hybridized carbons (Fsp3) is 0.0714. The number of hydrogen-bond acceptors (Lipinski definition) is 3. The van der Waals surface area contributed by atoms with Crippen LogP contribution in [0.1, 0.15) is 0 Å². The number of anilines is 1. The molecule has 1 aromatic heterocycles. The minimum Gasteiger partial charge on any atom is -0.378 e. The summed E-state index contributed by atoms with van der Waals surface area (Å²) in [6, 6.07) is 37.6. The second-order valence-corrected chi connectivity index (χ2v) is 7.90. The molecule has 0 radical (unpaired) electrons. The molecular formula is C28H24N4. The van der Waals surface area contributed by atoms with Gasteiger partial charge in [0.25, 0.3) is 0 Å². The van der Waals surface area contributed by atoms with Crippen LogP contribution in [0.15, 0.2) is 109 Å². The summed E-state index contributed by atoms with van der Waals surface area (Å²) in [7, 11) is 4.09. The van der Waals surface area contributed by atoms with E-state index in [4.69, 9.17) is 0 Å². The Morgan fingerprint density at radius 1 is 0.500 bits per heavy atom. The minimum absolute atomic E-state index is 0.820. The predicted molar refractivity (Wildman–Crippen MR) is 132 cm³/mol. The zero-order valence-corrected chi connectivity index (χ0v) is 18.2. The molecule has 5 aromatic rings. The maximum atomic E-state index is 4.60. The average molecular weight is 417 g/mol. The van der Waals surface area contributed by atoms with Crippen LogP contribution in [0.2, 0.25) is 0 Å². The van der Waals surface area contributed by atoms with Crippen molar-refractivity contribution in [3.63, 3.8) is 0 Å². The molecule has 0 atom stereocenters. The summed E-state index contributed by atoms with van der Waals surface area (Å²) in [5, 5.41) is 9.18. The molecule has 0 aliphatic rings. The zero-order valence-electron chi connectivity index (χ0n) is 18.2. The first kappa shape index (κ1) is 19.8. The van der Waals surface area contributed by atoms with Crippen LogP contribution < -0.4 is 4.90 Å². The van der Waals surface area contributed by atoms with Crippen LogP contribution in [0.4, 0.5) is 5.69 Å². The first-order chi connectivity index (χ1) is 15.7. The van der Waals surface area contributed by atoms with Gasteiger partial charge in [0.15, 0.2) is 11.6 Å². The maximum Gasteiger partial charge on any atom is 0.168 e. The molecule has 1 heterocycles. The van der Waals surface area contributed by atoms with E-state index >= 15 is 0 Å². The summed E-state index contributed by atoms with van der Waals surface area (Å²) in [5.74, 6) is 1.64. The van der Waals surface area contributed by atoms with E-state index in [1.807, 2.05) is 38.4 Å². The molecule has 0 unspecified atom stereocenters. The van der Waals surface area contributed by atoms with Crippen molar-refractivity contribution >= 4 is 5.69 Å². The Hall–Kier alpha value is -4.18. The van der Waals surface area contributed by atoms with Crippen molar-refractivity contribution in [3.05, 3.63) is 109 Å². The van der Waals surface area contributed by atoms with E-state index in [2.05, 4.69) is 105 Å². The van der Waals surface area contributed by atoms with Crippen LogP contribution in [0.3, 0.4) is 0 Å². The van der Waals surface area contributed by atoms with Crippen molar-refractivity contribution in [1.29, 1.82) is 0 Å². The topological polar surface area (TPSA) is 34.0 Å². The van der Waals surface area contributed by atoms with Gasteiger partial charge in [-0.05, 0) is 35.4 Å². The molecule has 0 bridgehead atoms. The molecule has 4 nitrogen and oxygen atoms in total. The average Bonchev–Trinajstić information content (AvgIpc) is 3.30. The molecule has 4 aromatic carbocycles. The number of rotatable bonds is 5. The molecule has 0 spiro atoms. The third-order valence-corrected chi connectivity index (χ3v) is 5.57. The summed E-state index contributed by atoms with van der Waals surface area (Å²) in [6.07, 6.45) is 0. The standard InChI is InChI=1S/C28H24N4/c1-31(2)25-17-19-26(20-18-25)32-27(23-11-7-4-8-12-23)29-30-28(32)24-15-13-22(14-16-24)21-9-5-3-6-10-21/h3-20H,1-2H3. The lowest BCUT2D eigenvalue weighted by Gasteiger charge is -2.15. The third-order valence-electron chi connectivity index (χ3n) is 5.57. The molecule has 0 aliphatic heterocycles. The highest BCUT2D eigenvalue weighted by molar-refractivity contribution is 5.71. The summed E-state index contributed by atoms with van der Waals surface area (Å²) in [4.78, 5) is 2.09. The fourth-order valence-electron chi connectivity index (χ4n) is 3.83. The summed E-state index contributed by atoms with van der Waals surface area (Å²) < 4.78 is 2.13. The van der Waals surface area contributed by atoms with Crippen molar-refractivity contribution < 1.29 is 0 Å². The van der Waals surface area contributed by atoms with E-state index in [-0.39, 0.29) is 0 Å². The van der Waals surface area contributed by atoms with Gasteiger partial charge in [-0.25, -0.2) is 0 Å². The van der Waals surface area contributed by atoms with Gasteiger partial charge < -0.3 is 4.90 Å². The monoisotopic (exact) mass is 416 g/mol. The van der Waals surface area contributed by atoms with Gasteiger partial charge in [-0.2, -0.15) is 0 Å². The van der Waals surface area contributed by atoms with Gasteiger partial charge in [-0.15, -0.1) is 10.2 Å². The van der Waals surface area contributed by atoms with Gasteiger partial charge in [0.05, 0.1) is 0 Å². The van der Waals surface area contributed by atoms with Crippen molar-refractivity contribution in [1.82, 2.24) is 14.8 Å². The van der Waals surface area contributed by atoms with Gasteiger partial charge >= 0.3 is 0 Å². The van der Waals surface area contributed by atoms with Crippen molar-refractivity contribution in [2.24, 2.45) is 0 Å². The Morgan fingerprint density at radius 2 is 0.938 bits per heavy atom. The highest BCUT2D eigenvalue weighted by Gasteiger charge is 2.17. The van der Waals surface area contributed by atoms with Crippen LogP contribution in [0.5, 0.6) is 0 Å². The number of hydrogen-bond donors (Lipinski definition) is 0. The second kappa shape index (κ2) is 8.52. The Kier molecular flexibility index (Phi) is 5.26. The van der Waals surface area contributed by atoms with E-state index in [1.165, 1.54) is 11.1 Å². The van der Waals surface area contributed by atoms with Crippen LogP contribution in [-0.4, -0.2) is 28.9 Å². The molecule has 0 saturated heterocycles. The second-order valence-electron chi connectivity index (χ2n) is 7.90. The quantitative estimate of drug-likeness (QED) is 0.335. The Bertz CT molecular complexity index is 1300. The van der Waals surface area contributed by atoms with E-state index < -0.39 is 0 Å². The fourth-order valence-corrected chi connectivity index (χ4v) is 3.83. The lowest BCUT2D eigenvalue weighted by molar-refractivity contribution is 1.06. The summed E-state index contributed by atoms with van der Waals surface area (Å²) in [6.45, 7) is 0. The Morgan fingerprint density at radius 3 is 1.47 bits per heavy atom. The SMILES string of the molecule is CN(C)c1ccc(-n2c(-c3ccccc3)nnc2-c2ccc(-c3ccccc3)cc2)cc1. The molecule has 0 N–H and O–H groups in total. The van der Waals surface area contributed by atoms with Crippen LogP contribution in [0.25, 0.3) is 39.6 Å². The molecule has 156 valence electrons. The lowest BCUT2D eigenvalue weighted by atomic mass is 10.0. The molecule has 32 heavy (non-hydrogen) atoms. The van der Waals surface area contributed by atoms with E-state index in [1.54, 1.807) is 0 Å². The van der Waals surface area contributed by atoms with Gasteiger partial charge in [0, 0.05) is 36.6 Å². The molecule has 0 fully saturated rings. The minimum atomic E-state index is 0.820.